The second kappa shape index (κ2) is 5.28. The number of halogens is 4. The van der Waals surface area contributed by atoms with Gasteiger partial charge in [-0.1, -0.05) is 6.07 Å². The van der Waals surface area contributed by atoms with Crippen LogP contribution in [0, 0.1) is 6.92 Å². The standard InChI is InChI=1S/C12H10BrF3N4/c1-6-2-3-7(12(14,15)16)4-9(6)19-10-8(13)5-18-11(17)20-10/h2-5H,1H3,(H3,17,18,19,20). The van der Waals surface area contributed by atoms with Crippen LogP contribution in [0.3, 0.4) is 0 Å². The molecule has 0 saturated heterocycles. The predicted molar refractivity (Wildman–Crippen MR) is 73.6 cm³/mol. The second-order valence-corrected chi connectivity index (χ2v) is 4.93. The first kappa shape index (κ1) is 14.6. The molecule has 0 aliphatic heterocycles. The Labute approximate surface area is 121 Å². The van der Waals surface area contributed by atoms with Crippen molar-refractivity contribution < 1.29 is 13.2 Å². The lowest BCUT2D eigenvalue weighted by Crippen LogP contribution is -2.07. The molecule has 3 N–H and O–H groups in total. The monoisotopic (exact) mass is 346 g/mol. The van der Waals surface area contributed by atoms with Crippen molar-refractivity contribution in [2.24, 2.45) is 0 Å². The summed E-state index contributed by atoms with van der Waals surface area (Å²) in [7, 11) is 0. The lowest BCUT2D eigenvalue weighted by atomic mass is 10.1. The molecule has 0 aliphatic rings. The number of nitrogens with one attached hydrogen (secondary N) is 1. The maximum Gasteiger partial charge on any atom is 0.416 e. The smallest absolute Gasteiger partial charge is 0.368 e. The average molecular weight is 347 g/mol. The van der Waals surface area contributed by atoms with Crippen LogP contribution >= 0.6 is 15.9 Å². The van der Waals surface area contributed by atoms with Gasteiger partial charge in [-0.3, -0.25) is 0 Å². The van der Waals surface area contributed by atoms with Crippen LogP contribution in [-0.4, -0.2) is 9.97 Å². The summed E-state index contributed by atoms with van der Waals surface area (Å²) in [4.78, 5) is 7.69. The molecule has 0 aliphatic carbocycles. The molecular formula is C12H10BrF3N4. The first-order valence-corrected chi connectivity index (χ1v) is 6.29. The molecule has 1 aromatic heterocycles. The largest absolute Gasteiger partial charge is 0.416 e. The van der Waals surface area contributed by atoms with Gasteiger partial charge in [0.1, 0.15) is 5.82 Å². The molecule has 0 atom stereocenters. The zero-order chi connectivity index (χ0) is 14.9. The summed E-state index contributed by atoms with van der Waals surface area (Å²) in [6, 6.07) is 3.45. The van der Waals surface area contributed by atoms with Crippen molar-refractivity contribution in [2.45, 2.75) is 13.1 Å². The molecule has 1 heterocycles. The van der Waals surface area contributed by atoms with Crippen LogP contribution in [0.25, 0.3) is 0 Å². The lowest BCUT2D eigenvalue weighted by Gasteiger charge is -2.13. The van der Waals surface area contributed by atoms with Crippen LogP contribution in [0.1, 0.15) is 11.1 Å². The minimum Gasteiger partial charge on any atom is -0.368 e. The highest BCUT2D eigenvalue weighted by atomic mass is 79.9. The minimum atomic E-state index is -4.40. The molecule has 1 aromatic carbocycles. The van der Waals surface area contributed by atoms with Gasteiger partial charge in [0.05, 0.1) is 10.0 Å². The zero-order valence-electron chi connectivity index (χ0n) is 10.3. The number of nitrogens with two attached hydrogens (primary N) is 1. The van der Waals surface area contributed by atoms with Gasteiger partial charge in [0.15, 0.2) is 0 Å². The van der Waals surface area contributed by atoms with E-state index in [1.165, 1.54) is 12.3 Å². The zero-order valence-corrected chi connectivity index (χ0v) is 11.9. The fourth-order valence-electron chi connectivity index (χ4n) is 1.53. The third kappa shape index (κ3) is 3.19. The summed E-state index contributed by atoms with van der Waals surface area (Å²) < 4.78 is 38.6. The van der Waals surface area contributed by atoms with Crippen LogP contribution in [0.2, 0.25) is 0 Å². The molecule has 0 spiro atoms. The number of aryl methyl sites for hydroxylation is 1. The quantitative estimate of drug-likeness (QED) is 0.865. The van der Waals surface area contributed by atoms with Crippen molar-refractivity contribution in [2.75, 3.05) is 11.1 Å². The number of nitrogen functional groups attached to an aromatic ring is 1. The molecule has 0 amide bonds. The van der Waals surface area contributed by atoms with Crippen LogP contribution in [0.15, 0.2) is 28.9 Å². The molecule has 0 saturated carbocycles. The summed E-state index contributed by atoms with van der Waals surface area (Å²) in [6.07, 6.45) is -2.97. The van der Waals surface area contributed by atoms with E-state index in [1.54, 1.807) is 6.92 Å². The summed E-state index contributed by atoms with van der Waals surface area (Å²) in [5.41, 5.74) is 5.68. The normalized spacial score (nSPS) is 11.4. The van der Waals surface area contributed by atoms with Crippen LogP contribution in [0.5, 0.6) is 0 Å². The Kier molecular flexibility index (Phi) is 3.85. The van der Waals surface area contributed by atoms with Crippen LogP contribution in [0.4, 0.5) is 30.6 Å². The summed E-state index contributed by atoms with van der Waals surface area (Å²) in [6.45, 7) is 1.70. The topological polar surface area (TPSA) is 63.8 Å². The number of alkyl halides is 3. The van der Waals surface area contributed by atoms with E-state index < -0.39 is 11.7 Å². The summed E-state index contributed by atoms with van der Waals surface area (Å²) >= 11 is 3.21. The van der Waals surface area contributed by atoms with Crippen molar-refractivity contribution in [3.63, 3.8) is 0 Å². The third-order valence-electron chi connectivity index (χ3n) is 2.58. The Bertz CT molecular complexity index is 643. The molecule has 20 heavy (non-hydrogen) atoms. The van der Waals surface area contributed by atoms with Gasteiger partial charge in [0.25, 0.3) is 0 Å². The van der Waals surface area contributed by atoms with Crippen molar-refractivity contribution >= 4 is 33.4 Å². The van der Waals surface area contributed by atoms with Gasteiger partial charge in [-0.2, -0.15) is 18.2 Å². The van der Waals surface area contributed by atoms with Gasteiger partial charge >= 0.3 is 6.18 Å². The van der Waals surface area contributed by atoms with E-state index in [9.17, 15) is 13.2 Å². The van der Waals surface area contributed by atoms with E-state index in [0.29, 0.717) is 21.5 Å². The molecule has 2 rings (SSSR count). The Morgan fingerprint density at radius 2 is 2.00 bits per heavy atom. The maximum atomic E-state index is 12.7. The molecular weight excluding hydrogens is 337 g/mol. The van der Waals surface area contributed by atoms with Gasteiger partial charge in [-0.15, -0.1) is 0 Å². The number of aromatic nitrogens is 2. The van der Waals surface area contributed by atoms with Crippen molar-refractivity contribution in [3.8, 4) is 0 Å². The summed E-state index contributed by atoms with van der Waals surface area (Å²) in [5.74, 6) is 0.334. The second-order valence-electron chi connectivity index (χ2n) is 4.08. The van der Waals surface area contributed by atoms with E-state index in [-0.39, 0.29) is 5.95 Å². The Balaban J connectivity index is 2.40. The highest BCUT2D eigenvalue weighted by molar-refractivity contribution is 9.10. The van der Waals surface area contributed by atoms with Crippen molar-refractivity contribution in [1.29, 1.82) is 0 Å². The van der Waals surface area contributed by atoms with Gasteiger partial charge in [0, 0.05) is 11.9 Å². The SMILES string of the molecule is Cc1ccc(C(F)(F)F)cc1Nc1nc(N)ncc1Br. The number of benzene rings is 1. The molecule has 0 radical (unpaired) electrons. The van der Waals surface area contributed by atoms with E-state index in [4.69, 9.17) is 5.73 Å². The first-order valence-electron chi connectivity index (χ1n) is 5.50. The van der Waals surface area contributed by atoms with Crippen LogP contribution < -0.4 is 11.1 Å². The van der Waals surface area contributed by atoms with Gasteiger partial charge in [-0.25, -0.2) is 4.98 Å². The highest BCUT2D eigenvalue weighted by Gasteiger charge is 2.30. The number of nitrogens with zero attached hydrogens (tertiary/aromatic N) is 2. The molecule has 106 valence electrons. The first-order chi connectivity index (χ1) is 9.27. The molecule has 2 aromatic rings. The third-order valence-corrected chi connectivity index (χ3v) is 3.16. The lowest BCUT2D eigenvalue weighted by molar-refractivity contribution is -0.137. The van der Waals surface area contributed by atoms with Gasteiger partial charge in [-0.05, 0) is 40.5 Å². The number of anilines is 3. The van der Waals surface area contributed by atoms with Crippen LogP contribution in [-0.2, 0) is 6.18 Å². The fourth-order valence-corrected chi connectivity index (χ4v) is 1.82. The molecule has 0 fully saturated rings. The molecule has 0 bridgehead atoms. The maximum absolute atomic E-state index is 12.7. The van der Waals surface area contributed by atoms with Gasteiger partial charge in [0.2, 0.25) is 5.95 Å². The Morgan fingerprint density at radius 1 is 1.30 bits per heavy atom. The predicted octanol–water partition coefficient (Wildman–Crippen LogP) is 3.89. The molecule has 8 heteroatoms. The Hall–Kier alpha value is -1.83. The molecule has 0 unspecified atom stereocenters. The number of hydrogen-bond acceptors (Lipinski definition) is 4. The minimum absolute atomic E-state index is 0.0281. The van der Waals surface area contributed by atoms with E-state index >= 15 is 0 Å². The van der Waals surface area contributed by atoms with E-state index in [1.807, 2.05) is 0 Å². The van der Waals surface area contributed by atoms with Gasteiger partial charge < -0.3 is 11.1 Å². The van der Waals surface area contributed by atoms with E-state index in [2.05, 4.69) is 31.2 Å². The number of hydrogen-bond donors (Lipinski definition) is 2. The fraction of sp³-hybridized carbons (Fsp3) is 0.167. The van der Waals surface area contributed by atoms with Crippen molar-refractivity contribution in [3.05, 3.63) is 40.0 Å². The van der Waals surface area contributed by atoms with Crippen molar-refractivity contribution in [1.82, 2.24) is 9.97 Å². The Morgan fingerprint density at radius 3 is 2.65 bits per heavy atom. The summed E-state index contributed by atoms with van der Waals surface area (Å²) in [5, 5.41) is 2.82. The molecule has 4 nitrogen and oxygen atoms in total. The van der Waals surface area contributed by atoms with E-state index in [0.717, 1.165) is 12.1 Å². The average Bonchev–Trinajstić information content (AvgIpc) is 2.35. The number of rotatable bonds is 2. The highest BCUT2D eigenvalue weighted by Crippen LogP contribution is 2.33.